The predicted octanol–water partition coefficient (Wildman–Crippen LogP) is 1.92. The molecular weight excluding hydrogens is 207 g/mol. The summed E-state index contributed by atoms with van der Waals surface area (Å²) in [5.41, 5.74) is 8.96. The molecule has 0 amide bonds. The molecule has 1 aromatic rings. The molecule has 0 fully saturated rings. The Morgan fingerprint density at radius 2 is 1.85 bits per heavy atom. The summed E-state index contributed by atoms with van der Waals surface area (Å²) < 4.78 is 36.4. The van der Waals surface area contributed by atoms with Crippen molar-refractivity contribution in [3.8, 4) is 0 Å². The number of rotatable bonds is 0. The Morgan fingerprint density at radius 3 is 2.31 bits per heavy atom. The van der Waals surface area contributed by atoms with Crippen molar-refractivity contribution in [3.05, 3.63) is 16.8 Å². The van der Waals surface area contributed by atoms with E-state index in [-0.39, 0.29) is 11.5 Å². The summed E-state index contributed by atoms with van der Waals surface area (Å²) in [6.45, 7) is 0. The molecule has 0 spiro atoms. The molecule has 13 heavy (non-hydrogen) atoms. The van der Waals surface area contributed by atoms with Crippen LogP contribution in [0, 0.1) is 0 Å². The van der Waals surface area contributed by atoms with Gasteiger partial charge >= 0.3 is 6.18 Å². The van der Waals surface area contributed by atoms with Crippen molar-refractivity contribution in [1.82, 2.24) is 4.98 Å². The lowest BCUT2D eigenvalue weighted by molar-refractivity contribution is -0.137. The highest BCUT2D eigenvalue weighted by atomic mass is 35.5. The fourth-order valence-corrected chi connectivity index (χ4v) is 0.971. The molecule has 0 unspecified atom stereocenters. The van der Waals surface area contributed by atoms with E-state index >= 15 is 0 Å². The number of nitrogens with zero attached hydrogens (tertiary/aromatic N) is 1. The van der Waals surface area contributed by atoms with Crippen LogP contribution >= 0.6 is 11.6 Å². The lowest BCUT2D eigenvalue weighted by atomic mass is 10.2. The number of anilines is 2. The van der Waals surface area contributed by atoms with Crippen molar-refractivity contribution < 1.29 is 13.2 Å². The van der Waals surface area contributed by atoms with Crippen LogP contribution in [0.1, 0.15) is 5.56 Å². The van der Waals surface area contributed by atoms with Crippen molar-refractivity contribution in [2.75, 3.05) is 11.5 Å². The molecule has 3 nitrogen and oxygen atoms in total. The van der Waals surface area contributed by atoms with Crippen LogP contribution in [0.5, 0.6) is 0 Å². The number of hydrogen-bond acceptors (Lipinski definition) is 3. The fraction of sp³-hybridized carbons (Fsp3) is 0.167. The van der Waals surface area contributed by atoms with Gasteiger partial charge in [0.2, 0.25) is 0 Å². The fourth-order valence-electron chi connectivity index (χ4n) is 0.718. The number of halogens is 4. The van der Waals surface area contributed by atoms with Crippen LogP contribution in [0.15, 0.2) is 6.07 Å². The van der Waals surface area contributed by atoms with Gasteiger partial charge in [0.15, 0.2) is 0 Å². The van der Waals surface area contributed by atoms with E-state index in [1.54, 1.807) is 0 Å². The average molecular weight is 212 g/mol. The second kappa shape index (κ2) is 2.95. The van der Waals surface area contributed by atoms with Crippen molar-refractivity contribution in [2.24, 2.45) is 0 Å². The molecule has 0 aliphatic carbocycles. The van der Waals surface area contributed by atoms with Crippen LogP contribution in [-0.4, -0.2) is 4.98 Å². The van der Waals surface area contributed by atoms with E-state index < -0.39 is 16.9 Å². The number of alkyl halides is 3. The van der Waals surface area contributed by atoms with E-state index in [9.17, 15) is 13.2 Å². The second-order valence-electron chi connectivity index (χ2n) is 2.30. The molecule has 4 N–H and O–H groups in total. The van der Waals surface area contributed by atoms with Gasteiger partial charge in [-0.2, -0.15) is 13.2 Å². The first-order valence-corrected chi connectivity index (χ1v) is 3.49. The molecule has 1 aromatic heterocycles. The minimum Gasteiger partial charge on any atom is -0.396 e. The molecule has 1 rings (SSSR count). The van der Waals surface area contributed by atoms with Gasteiger partial charge in [-0.15, -0.1) is 0 Å². The highest BCUT2D eigenvalue weighted by Gasteiger charge is 2.34. The van der Waals surface area contributed by atoms with Crippen molar-refractivity contribution in [2.45, 2.75) is 6.18 Å². The van der Waals surface area contributed by atoms with Gasteiger partial charge in [0.1, 0.15) is 11.0 Å². The highest BCUT2D eigenvalue weighted by Crippen LogP contribution is 2.35. The molecule has 7 heteroatoms. The number of pyridine rings is 1. The molecule has 72 valence electrons. The number of aromatic nitrogens is 1. The standard InChI is InChI=1S/C6H5ClF3N3/c7-4-2(6(8,9)10)1-3(11)5(12)13-4/h1H,11H2,(H2,12,13). The Balaban J connectivity index is 3.32. The molecule has 1 heterocycles. The SMILES string of the molecule is Nc1cc(C(F)(F)F)c(Cl)nc1N. The van der Waals surface area contributed by atoms with Gasteiger partial charge in [0, 0.05) is 0 Å². The summed E-state index contributed by atoms with van der Waals surface area (Å²) in [6.07, 6.45) is -4.56. The van der Waals surface area contributed by atoms with Gasteiger partial charge in [0.05, 0.1) is 11.3 Å². The number of hydrogen-bond donors (Lipinski definition) is 2. The Labute approximate surface area is 76.5 Å². The minimum atomic E-state index is -4.56. The van der Waals surface area contributed by atoms with Crippen LogP contribution in [0.2, 0.25) is 5.15 Å². The van der Waals surface area contributed by atoms with Crippen LogP contribution < -0.4 is 11.5 Å². The Kier molecular flexibility index (Phi) is 2.25. The molecule has 0 saturated heterocycles. The Bertz CT molecular complexity index is 337. The molecule has 0 saturated carbocycles. The van der Waals surface area contributed by atoms with Crippen LogP contribution in [0.25, 0.3) is 0 Å². The maximum atomic E-state index is 12.1. The van der Waals surface area contributed by atoms with Gasteiger partial charge in [-0.1, -0.05) is 11.6 Å². The Hall–Kier alpha value is -1.17. The largest absolute Gasteiger partial charge is 0.419 e. The lowest BCUT2D eigenvalue weighted by Crippen LogP contribution is -2.09. The third-order valence-corrected chi connectivity index (χ3v) is 1.63. The van der Waals surface area contributed by atoms with Gasteiger partial charge in [-0.05, 0) is 6.07 Å². The number of nitrogen functional groups attached to an aromatic ring is 2. The van der Waals surface area contributed by atoms with Crippen molar-refractivity contribution in [1.29, 1.82) is 0 Å². The number of nitrogens with two attached hydrogens (primary N) is 2. The van der Waals surface area contributed by atoms with E-state index in [0.717, 1.165) is 0 Å². The zero-order valence-electron chi connectivity index (χ0n) is 6.19. The van der Waals surface area contributed by atoms with Gasteiger partial charge < -0.3 is 11.5 Å². The molecule has 0 radical (unpaired) electrons. The third kappa shape index (κ3) is 1.95. The quantitative estimate of drug-likeness (QED) is 0.645. The monoisotopic (exact) mass is 211 g/mol. The summed E-state index contributed by atoms with van der Waals surface area (Å²) in [7, 11) is 0. The van der Waals surface area contributed by atoms with E-state index in [2.05, 4.69) is 4.98 Å². The van der Waals surface area contributed by atoms with E-state index in [4.69, 9.17) is 23.1 Å². The summed E-state index contributed by atoms with van der Waals surface area (Å²) in [6, 6.07) is 0.657. The maximum absolute atomic E-state index is 12.1. The minimum absolute atomic E-state index is 0.210. The summed E-state index contributed by atoms with van der Waals surface area (Å²) in [4.78, 5) is 3.24. The zero-order chi connectivity index (χ0) is 10.2. The highest BCUT2D eigenvalue weighted by molar-refractivity contribution is 6.30. The molecule has 0 bridgehead atoms. The van der Waals surface area contributed by atoms with Crippen LogP contribution in [-0.2, 0) is 6.18 Å². The van der Waals surface area contributed by atoms with Crippen molar-refractivity contribution >= 4 is 23.1 Å². The Morgan fingerprint density at radius 1 is 1.31 bits per heavy atom. The second-order valence-corrected chi connectivity index (χ2v) is 2.66. The van der Waals surface area contributed by atoms with Crippen molar-refractivity contribution in [3.63, 3.8) is 0 Å². The topological polar surface area (TPSA) is 64.9 Å². The predicted molar refractivity (Wildman–Crippen MR) is 43.1 cm³/mol. The third-order valence-electron chi connectivity index (χ3n) is 1.34. The lowest BCUT2D eigenvalue weighted by Gasteiger charge is -2.09. The molecule has 0 aromatic carbocycles. The van der Waals surface area contributed by atoms with E-state index in [1.807, 2.05) is 0 Å². The van der Waals surface area contributed by atoms with E-state index in [1.165, 1.54) is 0 Å². The smallest absolute Gasteiger partial charge is 0.396 e. The maximum Gasteiger partial charge on any atom is 0.419 e. The van der Waals surface area contributed by atoms with Gasteiger partial charge in [-0.3, -0.25) is 0 Å². The summed E-state index contributed by atoms with van der Waals surface area (Å²) >= 11 is 5.22. The molecule has 0 aliphatic rings. The van der Waals surface area contributed by atoms with Crippen LogP contribution in [0.4, 0.5) is 24.7 Å². The summed E-state index contributed by atoms with van der Waals surface area (Å²) in [5, 5.41) is -0.695. The first-order chi connectivity index (χ1) is 5.82. The normalized spacial score (nSPS) is 11.7. The first kappa shape index (κ1) is 9.91. The first-order valence-electron chi connectivity index (χ1n) is 3.11. The van der Waals surface area contributed by atoms with Gasteiger partial charge in [-0.25, -0.2) is 4.98 Å². The van der Waals surface area contributed by atoms with Crippen LogP contribution in [0.3, 0.4) is 0 Å². The van der Waals surface area contributed by atoms with E-state index in [0.29, 0.717) is 6.07 Å². The van der Waals surface area contributed by atoms with Gasteiger partial charge in [0.25, 0.3) is 0 Å². The molecule has 0 aliphatic heterocycles. The molecular formula is C6H5ClF3N3. The summed E-state index contributed by atoms with van der Waals surface area (Å²) in [5.74, 6) is -0.210. The molecule has 0 atom stereocenters. The average Bonchev–Trinajstić information content (AvgIpc) is 1.94. The zero-order valence-corrected chi connectivity index (χ0v) is 6.95.